The summed E-state index contributed by atoms with van der Waals surface area (Å²) in [5.74, 6) is -0.163. The molecule has 3 nitrogen and oxygen atoms in total. The molecule has 1 fully saturated rings. The Morgan fingerprint density at radius 3 is 3.00 bits per heavy atom. The largest absolute Gasteiger partial charge is 0.369 e. The van der Waals surface area contributed by atoms with E-state index in [1.165, 1.54) is 12.8 Å². The minimum Gasteiger partial charge on any atom is -0.369 e. The molecule has 3 N–H and O–H groups in total. The van der Waals surface area contributed by atoms with Crippen LogP contribution in [0.25, 0.3) is 0 Å². The summed E-state index contributed by atoms with van der Waals surface area (Å²) in [4.78, 5) is 10.7. The maximum Gasteiger partial charge on any atom is 0.220 e. The van der Waals surface area contributed by atoms with Crippen LogP contribution in [0.5, 0.6) is 0 Å². The number of nitrogens with two attached hydrogens (primary N) is 1. The van der Waals surface area contributed by atoms with Crippen LogP contribution >= 0.6 is 0 Å². The predicted octanol–water partition coefficient (Wildman–Crippen LogP) is 0.250. The second-order valence-corrected chi connectivity index (χ2v) is 3.33. The lowest BCUT2D eigenvalue weighted by Crippen LogP contribution is -2.29. The second-order valence-electron chi connectivity index (χ2n) is 3.33. The highest BCUT2D eigenvalue weighted by atomic mass is 16.1. The summed E-state index contributed by atoms with van der Waals surface area (Å²) in [6.45, 7) is 2.98. The molecule has 1 aliphatic heterocycles. The van der Waals surface area contributed by atoms with Gasteiger partial charge in [0, 0.05) is 12.0 Å². The number of hydrogen-bond acceptors (Lipinski definition) is 2. The van der Waals surface area contributed by atoms with E-state index in [9.17, 15) is 4.79 Å². The van der Waals surface area contributed by atoms with Gasteiger partial charge in [0.2, 0.25) is 5.91 Å². The van der Waals surface area contributed by atoms with E-state index in [1.54, 1.807) is 0 Å². The minimum absolute atomic E-state index is 0.0191. The average molecular weight is 156 g/mol. The number of rotatable bonds is 3. The van der Waals surface area contributed by atoms with Crippen molar-refractivity contribution in [2.75, 3.05) is 6.54 Å². The van der Waals surface area contributed by atoms with E-state index in [0.29, 0.717) is 6.04 Å². The molecule has 3 heteroatoms. The third-order valence-corrected chi connectivity index (χ3v) is 2.29. The first-order chi connectivity index (χ1) is 5.20. The zero-order chi connectivity index (χ0) is 8.27. The molecule has 0 radical (unpaired) electrons. The molecule has 2 atom stereocenters. The normalized spacial score (nSPS) is 26.8. The fourth-order valence-electron chi connectivity index (χ4n) is 1.50. The van der Waals surface area contributed by atoms with Gasteiger partial charge in [0.25, 0.3) is 0 Å². The van der Waals surface area contributed by atoms with Gasteiger partial charge in [-0.15, -0.1) is 0 Å². The first-order valence-corrected chi connectivity index (χ1v) is 4.23. The van der Waals surface area contributed by atoms with Gasteiger partial charge in [0.05, 0.1) is 0 Å². The molecule has 0 aliphatic carbocycles. The molecule has 1 unspecified atom stereocenters. The zero-order valence-electron chi connectivity index (χ0n) is 6.97. The van der Waals surface area contributed by atoms with Crippen molar-refractivity contribution in [1.82, 2.24) is 5.32 Å². The van der Waals surface area contributed by atoms with Crippen LogP contribution < -0.4 is 11.1 Å². The zero-order valence-corrected chi connectivity index (χ0v) is 6.97. The van der Waals surface area contributed by atoms with E-state index in [-0.39, 0.29) is 11.8 Å². The summed E-state index contributed by atoms with van der Waals surface area (Å²) in [6, 6.07) is 0.525. The van der Waals surface area contributed by atoms with Crippen molar-refractivity contribution in [3.8, 4) is 0 Å². The molecule has 0 spiro atoms. The fraction of sp³-hybridized carbons (Fsp3) is 0.875. The van der Waals surface area contributed by atoms with Gasteiger partial charge in [-0.2, -0.15) is 0 Å². The lowest BCUT2D eigenvalue weighted by Gasteiger charge is -2.13. The van der Waals surface area contributed by atoms with Crippen molar-refractivity contribution in [2.24, 2.45) is 11.7 Å². The van der Waals surface area contributed by atoms with Gasteiger partial charge in [-0.25, -0.2) is 0 Å². The van der Waals surface area contributed by atoms with Gasteiger partial charge in [-0.1, -0.05) is 6.92 Å². The summed E-state index contributed by atoms with van der Waals surface area (Å²) >= 11 is 0. The Bertz CT molecular complexity index is 141. The highest BCUT2D eigenvalue weighted by Crippen LogP contribution is 2.13. The summed E-state index contributed by atoms with van der Waals surface area (Å²) < 4.78 is 0. The quantitative estimate of drug-likeness (QED) is 0.615. The molecular formula is C8H16N2O. The second kappa shape index (κ2) is 3.72. The summed E-state index contributed by atoms with van der Waals surface area (Å²) in [5.41, 5.74) is 5.15. The van der Waals surface area contributed by atoms with Crippen molar-refractivity contribution >= 4 is 5.91 Å². The Hall–Kier alpha value is -0.570. The van der Waals surface area contributed by atoms with Gasteiger partial charge in [-0.05, 0) is 25.8 Å². The van der Waals surface area contributed by atoms with Crippen molar-refractivity contribution < 1.29 is 4.79 Å². The minimum atomic E-state index is -0.182. The van der Waals surface area contributed by atoms with Crippen molar-refractivity contribution in [3.63, 3.8) is 0 Å². The van der Waals surface area contributed by atoms with E-state index in [0.717, 1.165) is 13.0 Å². The molecule has 1 rings (SSSR count). The van der Waals surface area contributed by atoms with Crippen LogP contribution in [-0.4, -0.2) is 18.5 Å². The first-order valence-electron chi connectivity index (χ1n) is 4.23. The standard InChI is InChI=1S/C8H16N2O/c1-6(8(9)11)5-7-3-2-4-10-7/h6-7,10H,2-5H2,1H3,(H2,9,11)/t6?,7-/m1/s1. The molecule has 0 aromatic rings. The van der Waals surface area contributed by atoms with Gasteiger partial charge < -0.3 is 11.1 Å². The molecular weight excluding hydrogens is 140 g/mol. The number of hydrogen-bond donors (Lipinski definition) is 2. The molecule has 0 aromatic heterocycles. The number of carbonyl (C=O) groups is 1. The van der Waals surface area contributed by atoms with Crippen molar-refractivity contribution in [3.05, 3.63) is 0 Å². The van der Waals surface area contributed by atoms with Crippen LogP contribution in [0.15, 0.2) is 0 Å². The van der Waals surface area contributed by atoms with Gasteiger partial charge >= 0.3 is 0 Å². The Morgan fingerprint density at radius 1 is 1.82 bits per heavy atom. The predicted molar refractivity (Wildman–Crippen MR) is 44.0 cm³/mol. The van der Waals surface area contributed by atoms with Crippen LogP contribution in [0.3, 0.4) is 0 Å². The third-order valence-electron chi connectivity index (χ3n) is 2.29. The van der Waals surface area contributed by atoms with E-state index in [1.807, 2.05) is 6.92 Å². The van der Waals surface area contributed by atoms with E-state index >= 15 is 0 Å². The smallest absolute Gasteiger partial charge is 0.220 e. The highest BCUT2D eigenvalue weighted by molar-refractivity contribution is 5.76. The highest BCUT2D eigenvalue weighted by Gasteiger charge is 2.19. The Kier molecular flexibility index (Phi) is 2.88. The van der Waals surface area contributed by atoms with Gasteiger partial charge in [0.15, 0.2) is 0 Å². The Morgan fingerprint density at radius 2 is 2.55 bits per heavy atom. The molecule has 1 aliphatic rings. The van der Waals surface area contributed by atoms with E-state index < -0.39 is 0 Å². The van der Waals surface area contributed by atoms with Crippen molar-refractivity contribution in [2.45, 2.75) is 32.2 Å². The molecule has 0 bridgehead atoms. The summed E-state index contributed by atoms with van der Waals surface area (Å²) in [6.07, 6.45) is 3.32. The van der Waals surface area contributed by atoms with Gasteiger partial charge in [0.1, 0.15) is 0 Å². The van der Waals surface area contributed by atoms with Crippen LogP contribution in [0.4, 0.5) is 0 Å². The molecule has 1 heterocycles. The first kappa shape index (κ1) is 8.53. The lowest BCUT2D eigenvalue weighted by atomic mass is 10.0. The van der Waals surface area contributed by atoms with E-state index in [4.69, 9.17) is 5.73 Å². The summed E-state index contributed by atoms with van der Waals surface area (Å²) in [7, 11) is 0. The molecule has 0 aromatic carbocycles. The Balaban J connectivity index is 2.23. The van der Waals surface area contributed by atoms with Crippen LogP contribution in [0, 0.1) is 5.92 Å². The van der Waals surface area contributed by atoms with Crippen LogP contribution in [-0.2, 0) is 4.79 Å². The third kappa shape index (κ3) is 2.50. The molecule has 1 saturated heterocycles. The van der Waals surface area contributed by atoms with Crippen LogP contribution in [0.1, 0.15) is 26.2 Å². The number of amides is 1. The van der Waals surface area contributed by atoms with Gasteiger partial charge in [-0.3, -0.25) is 4.79 Å². The monoisotopic (exact) mass is 156 g/mol. The molecule has 64 valence electrons. The lowest BCUT2D eigenvalue weighted by molar-refractivity contribution is -0.121. The SMILES string of the molecule is CC(C[C@H]1CCCN1)C(N)=O. The molecule has 1 amide bonds. The Labute approximate surface area is 67.3 Å². The van der Waals surface area contributed by atoms with E-state index in [2.05, 4.69) is 5.32 Å². The number of nitrogens with one attached hydrogen (secondary N) is 1. The maximum atomic E-state index is 10.7. The molecule has 0 saturated carbocycles. The average Bonchev–Trinajstić information content (AvgIpc) is 2.39. The summed E-state index contributed by atoms with van der Waals surface area (Å²) in [5, 5.41) is 3.33. The number of primary amides is 1. The maximum absolute atomic E-state index is 10.7. The molecule has 11 heavy (non-hydrogen) atoms. The topological polar surface area (TPSA) is 55.1 Å². The fourth-order valence-corrected chi connectivity index (χ4v) is 1.50. The van der Waals surface area contributed by atoms with Crippen LogP contribution in [0.2, 0.25) is 0 Å². The number of carbonyl (C=O) groups excluding carboxylic acids is 1. The van der Waals surface area contributed by atoms with Crippen molar-refractivity contribution in [1.29, 1.82) is 0 Å².